The second-order valence-corrected chi connectivity index (χ2v) is 7.27. The molecule has 0 bridgehead atoms. The minimum absolute atomic E-state index is 0.206. The Morgan fingerprint density at radius 3 is 2.47 bits per heavy atom. The fourth-order valence-corrected chi connectivity index (χ4v) is 3.36. The molecule has 17 heavy (non-hydrogen) atoms. The first-order valence-corrected chi connectivity index (χ1v) is 6.62. The topological polar surface area (TPSA) is 50.9 Å². The van der Waals surface area contributed by atoms with E-state index in [0.717, 1.165) is 12.8 Å². The van der Waals surface area contributed by atoms with E-state index in [2.05, 4.69) is 10.1 Å². The summed E-state index contributed by atoms with van der Waals surface area (Å²) >= 11 is 18.5. The van der Waals surface area contributed by atoms with Gasteiger partial charge >= 0.3 is 0 Å². The van der Waals surface area contributed by atoms with Crippen molar-refractivity contribution in [3.63, 3.8) is 0 Å². The molecule has 0 spiro atoms. The number of hydrogen-bond acceptors (Lipinski definition) is 3. The molecular formula is C10H12Cl3N3O. The van der Waals surface area contributed by atoms with Crippen LogP contribution in [0.15, 0.2) is 12.7 Å². The predicted molar refractivity (Wildman–Crippen MR) is 65.3 cm³/mol. The molecule has 4 nitrogen and oxygen atoms in total. The summed E-state index contributed by atoms with van der Waals surface area (Å²) in [5.41, 5.74) is -1.12. The van der Waals surface area contributed by atoms with E-state index in [4.69, 9.17) is 34.8 Å². The van der Waals surface area contributed by atoms with E-state index in [1.807, 2.05) is 0 Å². The maximum atomic E-state index is 10.9. The molecule has 1 aromatic heterocycles. The molecule has 1 N–H and O–H groups in total. The lowest BCUT2D eigenvalue weighted by Crippen LogP contribution is -2.48. The number of aromatic nitrogens is 3. The van der Waals surface area contributed by atoms with E-state index < -0.39 is 14.8 Å². The molecular weight excluding hydrogens is 284 g/mol. The van der Waals surface area contributed by atoms with Gasteiger partial charge in [0, 0.05) is 5.92 Å². The molecule has 0 amide bonds. The van der Waals surface area contributed by atoms with Gasteiger partial charge in [-0.15, -0.1) is 34.8 Å². The molecule has 2 unspecified atom stereocenters. The molecule has 2 saturated carbocycles. The van der Waals surface area contributed by atoms with Crippen molar-refractivity contribution in [1.29, 1.82) is 0 Å². The number of rotatable bonds is 4. The molecule has 0 aromatic carbocycles. The Morgan fingerprint density at radius 2 is 2.06 bits per heavy atom. The Labute approximate surface area is 114 Å². The largest absolute Gasteiger partial charge is 0.386 e. The molecule has 2 atom stereocenters. The van der Waals surface area contributed by atoms with E-state index in [1.165, 1.54) is 6.33 Å². The van der Waals surface area contributed by atoms with Crippen LogP contribution in [-0.2, 0) is 6.54 Å². The minimum Gasteiger partial charge on any atom is -0.386 e. The van der Waals surface area contributed by atoms with Gasteiger partial charge in [-0.05, 0) is 19.3 Å². The van der Waals surface area contributed by atoms with Crippen molar-refractivity contribution in [3.8, 4) is 0 Å². The van der Waals surface area contributed by atoms with Gasteiger partial charge in [-0.25, -0.2) is 9.67 Å². The van der Waals surface area contributed by atoms with Gasteiger partial charge in [0.15, 0.2) is 0 Å². The van der Waals surface area contributed by atoms with Gasteiger partial charge in [0.1, 0.15) is 22.6 Å². The highest BCUT2D eigenvalue weighted by molar-refractivity contribution is 6.51. The Balaban J connectivity index is 1.87. The summed E-state index contributed by atoms with van der Waals surface area (Å²) < 4.78 is 0.713. The highest BCUT2D eigenvalue weighted by Crippen LogP contribution is 2.66. The molecule has 3 rings (SSSR count). The Hall–Kier alpha value is -0.0300. The molecule has 0 aliphatic heterocycles. The second kappa shape index (κ2) is 3.50. The number of aliphatic hydroxyl groups is 1. The summed E-state index contributed by atoms with van der Waals surface area (Å²) in [5, 5.41) is 14.9. The SMILES string of the molecule is OC(Cn1cncn1)(C1CC1(Cl)Cl)C1(Cl)CC1. The van der Waals surface area contributed by atoms with Crippen LogP contribution in [-0.4, -0.2) is 34.7 Å². The van der Waals surface area contributed by atoms with Crippen molar-refractivity contribution < 1.29 is 5.11 Å². The highest BCUT2D eigenvalue weighted by Gasteiger charge is 2.72. The van der Waals surface area contributed by atoms with E-state index in [0.29, 0.717) is 6.42 Å². The van der Waals surface area contributed by atoms with Crippen LogP contribution >= 0.6 is 34.8 Å². The molecule has 2 aliphatic carbocycles. The van der Waals surface area contributed by atoms with Crippen LogP contribution < -0.4 is 0 Å². The van der Waals surface area contributed by atoms with Gasteiger partial charge in [0.05, 0.1) is 11.4 Å². The molecule has 1 aromatic rings. The maximum Gasteiger partial charge on any atom is 0.137 e. The first-order chi connectivity index (χ1) is 7.87. The van der Waals surface area contributed by atoms with Crippen LogP contribution in [0.3, 0.4) is 0 Å². The van der Waals surface area contributed by atoms with Crippen LogP contribution in [0.2, 0.25) is 0 Å². The smallest absolute Gasteiger partial charge is 0.137 e. The zero-order valence-corrected chi connectivity index (χ0v) is 11.3. The normalized spacial score (nSPS) is 31.9. The number of halogens is 3. The third-order valence-corrected chi connectivity index (χ3v) is 5.28. The van der Waals surface area contributed by atoms with E-state index in [9.17, 15) is 5.11 Å². The quantitative estimate of drug-likeness (QED) is 0.864. The van der Waals surface area contributed by atoms with Gasteiger partial charge in [-0.1, -0.05) is 0 Å². The van der Waals surface area contributed by atoms with Crippen LogP contribution in [0.4, 0.5) is 0 Å². The summed E-state index contributed by atoms with van der Waals surface area (Å²) in [4.78, 5) is 3.24. The predicted octanol–water partition coefficient (Wildman–Crippen LogP) is 1.97. The number of alkyl halides is 3. The lowest BCUT2D eigenvalue weighted by atomic mass is 9.91. The van der Waals surface area contributed by atoms with Crippen molar-refractivity contribution in [2.24, 2.45) is 5.92 Å². The molecule has 94 valence electrons. The molecule has 2 aliphatic rings. The van der Waals surface area contributed by atoms with Gasteiger partial charge in [-0.3, -0.25) is 0 Å². The lowest BCUT2D eigenvalue weighted by Gasteiger charge is -2.33. The van der Waals surface area contributed by atoms with Crippen molar-refractivity contribution in [2.75, 3.05) is 0 Å². The first-order valence-electron chi connectivity index (χ1n) is 5.49. The standard InChI is InChI=1S/C10H12Cl3N3O/c11-8(1-2-8)9(17,7-3-10(7,12)13)4-16-6-14-5-15-16/h5-7,17H,1-4H2. The fourth-order valence-electron chi connectivity index (χ4n) is 2.40. The van der Waals surface area contributed by atoms with Crippen molar-refractivity contribution in [2.45, 2.75) is 40.6 Å². The molecule has 2 fully saturated rings. The van der Waals surface area contributed by atoms with Gasteiger partial charge in [-0.2, -0.15) is 5.10 Å². The van der Waals surface area contributed by atoms with Crippen LogP contribution in [0, 0.1) is 5.92 Å². The summed E-state index contributed by atoms with van der Waals surface area (Å²) in [6.45, 7) is 0.280. The first kappa shape index (κ1) is 12.0. The number of nitrogens with zero attached hydrogens (tertiary/aromatic N) is 3. The highest BCUT2D eigenvalue weighted by atomic mass is 35.5. The van der Waals surface area contributed by atoms with E-state index in [1.54, 1.807) is 11.0 Å². The monoisotopic (exact) mass is 295 g/mol. The molecule has 1 heterocycles. The number of hydrogen-bond donors (Lipinski definition) is 1. The van der Waals surface area contributed by atoms with Crippen LogP contribution in [0.25, 0.3) is 0 Å². The average molecular weight is 297 g/mol. The Kier molecular flexibility index (Phi) is 2.48. The second-order valence-electron chi connectivity index (χ2n) is 5.00. The molecule has 0 radical (unpaired) electrons. The Bertz CT molecular complexity index is 432. The minimum atomic E-state index is -1.12. The third-order valence-electron chi connectivity index (χ3n) is 3.74. The zero-order valence-electron chi connectivity index (χ0n) is 8.98. The summed E-state index contributed by atoms with van der Waals surface area (Å²) in [6, 6.07) is 0. The summed E-state index contributed by atoms with van der Waals surface area (Å²) in [6.07, 6.45) is 5.10. The zero-order chi connectivity index (χ0) is 12.3. The van der Waals surface area contributed by atoms with Gasteiger partial charge in [0.25, 0.3) is 0 Å². The van der Waals surface area contributed by atoms with Crippen LogP contribution in [0.1, 0.15) is 19.3 Å². The van der Waals surface area contributed by atoms with Gasteiger partial charge in [0.2, 0.25) is 0 Å². The van der Waals surface area contributed by atoms with Gasteiger partial charge < -0.3 is 5.11 Å². The van der Waals surface area contributed by atoms with Crippen LogP contribution in [0.5, 0.6) is 0 Å². The van der Waals surface area contributed by atoms with Crippen molar-refractivity contribution in [1.82, 2.24) is 14.8 Å². The fraction of sp³-hybridized carbons (Fsp3) is 0.800. The summed E-state index contributed by atoms with van der Waals surface area (Å²) in [7, 11) is 0. The maximum absolute atomic E-state index is 10.9. The molecule has 0 saturated heterocycles. The Morgan fingerprint density at radius 1 is 1.41 bits per heavy atom. The summed E-state index contributed by atoms with van der Waals surface area (Å²) in [5.74, 6) is -0.206. The lowest BCUT2D eigenvalue weighted by molar-refractivity contribution is -0.0148. The average Bonchev–Trinajstić information content (AvgIpc) is 3.06. The molecule has 7 heteroatoms. The van der Waals surface area contributed by atoms with E-state index >= 15 is 0 Å². The van der Waals surface area contributed by atoms with E-state index in [-0.39, 0.29) is 12.5 Å². The van der Waals surface area contributed by atoms with Crippen molar-refractivity contribution in [3.05, 3.63) is 12.7 Å². The van der Waals surface area contributed by atoms with Crippen molar-refractivity contribution >= 4 is 34.8 Å². The third kappa shape index (κ3) is 1.86.